The van der Waals surface area contributed by atoms with Crippen molar-refractivity contribution in [2.75, 3.05) is 27.3 Å². The Morgan fingerprint density at radius 1 is 1.25 bits per heavy atom. The number of ether oxygens (including phenoxy) is 2. The summed E-state index contributed by atoms with van der Waals surface area (Å²) in [7, 11) is 3.51. The Labute approximate surface area is 96.8 Å². The van der Waals surface area contributed by atoms with Crippen molar-refractivity contribution in [1.29, 1.82) is 0 Å². The van der Waals surface area contributed by atoms with E-state index in [1.165, 1.54) is 5.56 Å². The minimum Gasteiger partial charge on any atom is -0.377 e. The summed E-state index contributed by atoms with van der Waals surface area (Å²) in [5.74, 6) is 0. The van der Waals surface area contributed by atoms with E-state index in [9.17, 15) is 0 Å². The molecule has 0 bridgehead atoms. The van der Waals surface area contributed by atoms with Crippen molar-refractivity contribution in [3.63, 3.8) is 0 Å². The highest BCUT2D eigenvalue weighted by Gasteiger charge is 2.42. The molecular weight excluding hydrogens is 202 g/mol. The van der Waals surface area contributed by atoms with Crippen molar-refractivity contribution in [1.82, 2.24) is 5.32 Å². The minimum atomic E-state index is -0.304. The van der Waals surface area contributed by atoms with E-state index in [0.29, 0.717) is 0 Å². The van der Waals surface area contributed by atoms with Gasteiger partial charge in [0.05, 0.1) is 0 Å². The number of methoxy groups -OCH3 is 2. The number of hydrogen-bond donors (Lipinski definition) is 1. The van der Waals surface area contributed by atoms with Gasteiger partial charge >= 0.3 is 0 Å². The summed E-state index contributed by atoms with van der Waals surface area (Å²) in [4.78, 5) is 0. The second-order valence-corrected chi connectivity index (χ2v) is 4.14. The average Bonchev–Trinajstić information content (AvgIpc) is 2.39. The van der Waals surface area contributed by atoms with Gasteiger partial charge in [0.2, 0.25) is 0 Å². The van der Waals surface area contributed by atoms with Crippen LogP contribution in [0, 0.1) is 0 Å². The van der Waals surface area contributed by atoms with Crippen LogP contribution in [0.25, 0.3) is 0 Å². The van der Waals surface area contributed by atoms with Gasteiger partial charge in [0.1, 0.15) is 11.7 Å². The van der Waals surface area contributed by atoms with Crippen LogP contribution in [0.5, 0.6) is 0 Å². The number of piperidine rings is 1. The van der Waals surface area contributed by atoms with E-state index in [1.54, 1.807) is 14.2 Å². The number of hydrogen-bond acceptors (Lipinski definition) is 3. The lowest BCUT2D eigenvalue weighted by atomic mass is 9.82. The van der Waals surface area contributed by atoms with Crippen LogP contribution in [-0.2, 0) is 15.1 Å². The summed E-state index contributed by atoms with van der Waals surface area (Å²) >= 11 is 0. The normalized spacial score (nSPS) is 30.2. The topological polar surface area (TPSA) is 30.5 Å². The number of benzene rings is 1. The van der Waals surface area contributed by atoms with Crippen LogP contribution in [0.2, 0.25) is 0 Å². The molecule has 0 spiro atoms. The van der Waals surface area contributed by atoms with Crippen molar-refractivity contribution < 1.29 is 9.47 Å². The maximum Gasteiger partial charge on any atom is 0.121 e. The van der Waals surface area contributed by atoms with Crippen molar-refractivity contribution in [3.05, 3.63) is 35.9 Å². The molecule has 16 heavy (non-hydrogen) atoms. The largest absolute Gasteiger partial charge is 0.377 e. The van der Waals surface area contributed by atoms with E-state index in [1.807, 2.05) is 18.2 Å². The first-order chi connectivity index (χ1) is 7.83. The van der Waals surface area contributed by atoms with Crippen LogP contribution >= 0.6 is 0 Å². The Hall–Kier alpha value is -0.900. The summed E-state index contributed by atoms with van der Waals surface area (Å²) < 4.78 is 11.4. The van der Waals surface area contributed by atoms with E-state index >= 15 is 0 Å². The Balaban J connectivity index is 2.36. The molecule has 2 atom stereocenters. The Kier molecular flexibility index (Phi) is 3.59. The van der Waals surface area contributed by atoms with E-state index < -0.39 is 0 Å². The molecule has 0 aliphatic carbocycles. The Bertz CT molecular complexity index is 328. The molecule has 1 aliphatic heterocycles. The minimum absolute atomic E-state index is 0.0636. The molecule has 88 valence electrons. The van der Waals surface area contributed by atoms with Crippen LogP contribution < -0.4 is 5.32 Å². The molecule has 2 rings (SSSR count). The average molecular weight is 221 g/mol. The fourth-order valence-corrected chi connectivity index (χ4v) is 2.51. The van der Waals surface area contributed by atoms with Crippen molar-refractivity contribution in [2.45, 2.75) is 18.1 Å². The second-order valence-electron chi connectivity index (χ2n) is 4.14. The fourth-order valence-electron chi connectivity index (χ4n) is 2.51. The van der Waals surface area contributed by atoms with Crippen LogP contribution in [0.3, 0.4) is 0 Å². The van der Waals surface area contributed by atoms with E-state index in [-0.39, 0.29) is 11.7 Å². The van der Waals surface area contributed by atoms with Gasteiger partial charge in [0.15, 0.2) is 0 Å². The second kappa shape index (κ2) is 4.95. The molecule has 1 aromatic carbocycles. The van der Waals surface area contributed by atoms with E-state index in [0.717, 1.165) is 19.5 Å². The van der Waals surface area contributed by atoms with Crippen LogP contribution in [0.1, 0.15) is 12.0 Å². The zero-order valence-corrected chi connectivity index (χ0v) is 9.90. The first kappa shape index (κ1) is 11.6. The highest BCUT2D eigenvalue weighted by atomic mass is 16.5. The lowest BCUT2D eigenvalue weighted by molar-refractivity contribution is -0.137. The Morgan fingerprint density at radius 3 is 2.62 bits per heavy atom. The maximum atomic E-state index is 5.80. The Morgan fingerprint density at radius 2 is 2.00 bits per heavy atom. The third-order valence-corrected chi connectivity index (χ3v) is 3.43. The highest BCUT2D eigenvalue weighted by Crippen LogP contribution is 2.35. The van der Waals surface area contributed by atoms with Gasteiger partial charge in [-0.1, -0.05) is 30.3 Å². The van der Waals surface area contributed by atoms with Gasteiger partial charge in [-0.05, 0) is 18.5 Å². The molecule has 3 heteroatoms. The summed E-state index contributed by atoms with van der Waals surface area (Å²) in [6, 6.07) is 10.3. The zero-order chi connectivity index (χ0) is 11.4. The van der Waals surface area contributed by atoms with Crippen molar-refractivity contribution >= 4 is 0 Å². The SMILES string of the molecule is CO[C@H]1CNCC[C@]1(OC)c1ccccc1. The molecule has 1 saturated heterocycles. The molecule has 0 radical (unpaired) electrons. The molecular formula is C13H19NO2. The zero-order valence-electron chi connectivity index (χ0n) is 9.90. The predicted octanol–water partition coefficient (Wildman–Crippen LogP) is 1.54. The van der Waals surface area contributed by atoms with Gasteiger partial charge in [-0.3, -0.25) is 0 Å². The van der Waals surface area contributed by atoms with Crippen LogP contribution in [0.4, 0.5) is 0 Å². The predicted molar refractivity (Wildman–Crippen MR) is 63.4 cm³/mol. The van der Waals surface area contributed by atoms with Crippen LogP contribution in [0.15, 0.2) is 30.3 Å². The lowest BCUT2D eigenvalue weighted by Crippen LogP contribution is -2.53. The lowest BCUT2D eigenvalue weighted by Gasteiger charge is -2.42. The summed E-state index contributed by atoms with van der Waals surface area (Å²) in [5, 5.41) is 3.34. The highest BCUT2D eigenvalue weighted by molar-refractivity contribution is 5.25. The molecule has 1 fully saturated rings. The monoisotopic (exact) mass is 221 g/mol. The molecule has 1 aliphatic rings. The number of rotatable bonds is 3. The van der Waals surface area contributed by atoms with Gasteiger partial charge < -0.3 is 14.8 Å². The van der Waals surface area contributed by atoms with Gasteiger partial charge in [-0.15, -0.1) is 0 Å². The first-order valence-electron chi connectivity index (χ1n) is 5.67. The van der Waals surface area contributed by atoms with Crippen molar-refractivity contribution in [3.8, 4) is 0 Å². The molecule has 0 aromatic heterocycles. The van der Waals surface area contributed by atoms with E-state index in [4.69, 9.17) is 9.47 Å². The summed E-state index contributed by atoms with van der Waals surface area (Å²) in [5.41, 5.74) is 0.896. The third-order valence-electron chi connectivity index (χ3n) is 3.43. The van der Waals surface area contributed by atoms with Gasteiger partial charge in [-0.2, -0.15) is 0 Å². The van der Waals surface area contributed by atoms with Gasteiger partial charge in [-0.25, -0.2) is 0 Å². The standard InChI is InChI=1S/C13H19NO2/c1-15-12-10-14-9-8-13(12,16-2)11-6-4-3-5-7-11/h3-7,12,14H,8-10H2,1-2H3/t12-,13-/m0/s1. The molecule has 1 heterocycles. The van der Waals surface area contributed by atoms with E-state index in [2.05, 4.69) is 17.4 Å². The first-order valence-corrected chi connectivity index (χ1v) is 5.67. The maximum absolute atomic E-state index is 5.80. The molecule has 0 amide bonds. The van der Waals surface area contributed by atoms with Gasteiger partial charge in [0, 0.05) is 20.8 Å². The molecule has 1 N–H and O–H groups in total. The summed E-state index contributed by atoms with van der Waals surface area (Å²) in [6.45, 7) is 1.79. The fraction of sp³-hybridized carbons (Fsp3) is 0.538. The summed E-state index contributed by atoms with van der Waals surface area (Å²) in [6.07, 6.45) is 1.00. The quantitative estimate of drug-likeness (QED) is 0.839. The molecule has 0 saturated carbocycles. The van der Waals surface area contributed by atoms with Crippen LogP contribution in [-0.4, -0.2) is 33.4 Å². The van der Waals surface area contributed by atoms with Crippen molar-refractivity contribution in [2.24, 2.45) is 0 Å². The molecule has 0 unspecified atom stereocenters. The van der Waals surface area contributed by atoms with Gasteiger partial charge in [0.25, 0.3) is 0 Å². The number of nitrogens with one attached hydrogen (secondary N) is 1. The smallest absolute Gasteiger partial charge is 0.121 e. The molecule has 1 aromatic rings. The molecule has 3 nitrogen and oxygen atoms in total. The third kappa shape index (κ3) is 1.86.